The van der Waals surface area contributed by atoms with Crippen LogP contribution in [0, 0.1) is 0 Å². The number of rotatable bonds is 24. The number of hydrogen-bond acceptors (Lipinski definition) is 2. The van der Waals surface area contributed by atoms with Gasteiger partial charge in [-0.15, -0.1) is 0 Å². The Morgan fingerprint density at radius 2 is 0.939 bits per heavy atom. The first-order valence-corrected chi connectivity index (χ1v) is 15.6. The van der Waals surface area contributed by atoms with E-state index in [1.54, 1.807) is 0 Å². The Hall–Kier alpha value is -0.400. The van der Waals surface area contributed by atoms with Crippen LogP contribution in [-0.4, -0.2) is 30.9 Å². The van der Waals surface area contributed by atoms with Crippen LogP contribution in [0.25, 0.3) is 0 Å². The predicted octanol–water partition coefficient (Wildman–Crippen LogP) is 10.3. The van der Waals surface area contributed by atoms with Crippen molar-refractivity contribution in [3.8, 4) is 0 Å². The van der Waals surface area contributed by atoms with Crippen LogP contribution in [-0.2, 0) is 9.13 Å². The summed E-state index contributed by atoms with van der Waals surface area (Å²) in [5.41, 5.74) is 0. The fourth-order valence-electron chi connectivity index (χ4n) is 4.99. The Kier molecular flexibility index (Phi) is 20.7. The molecule has 1 unspecified atom stereocenters. The Bertz CT molecular complexity index is 528. The fraction of sp³-hybridized carbons (Fsp3) is 0.931. The van der Waals surface area contributed by atoms with Crippen molar-refractivity contribution in [3.63, 3.8) is 0 Å². The van der Waals surface area contributed by atoms with Gasteiger partial charge in [-0.2, -0.15) is 0 Å². The van der Waals surface area contributed by atoms with Gasteiger partial charge in [-0.25, -0.2) is 9.13 Å². The molecule has 0 aromatic carbocycles. The van der Waals surface area contributed by atoms with E-state index in [9.17, 15) is 9.13 Å². The SMILES string of the molecule is CCCCCCCCCCCC=CCCCCCCCCCCC(CC)(P(=O)=O)[N+](C)(C)C. The van der Waals surface area contributed by atoms with Gasteiger partial charge in [0.15, 0.2) is 0 Å². The highest BCUT2D eigenvalue weighted by Crippen LogP contribution is 2.43. The van der Waals surface area contributed by atoms with Gasteiger partial charge in [-0.3, -0.25) is 0 Å². The molecule has 0 bridgehead atoms. The Morgan fingerprint density at radius 1 is 0.576 bits per heavy atom. The van der Waals surface area contributed by atoms with Gasteiger partial charge >= 0.3 is 7.68 Å². The van der Waals surface area contributed by atoms with Crippen LogP contribution in [0.1, 0.15) is 149 Å². The zero-order valence-electron chi connectivity index (χ0n) is 23.2. The van der Waals surface area contributed by atoms with Crippen LogP contribution in [0.15, 0.2) is 12.2 Å². The molecule has 0 N–H and O–H groups in total. The molecule has 0 amide bonds. The molecule has 0 rings (SSSR count). The summed E-state index contributed by atoms with van der Waals surface area (Å²) < 4.78 is 24.4. The average molecular weight is 485 g/mol. The normalized spacial score (nSPS) is 14.1. The largest absolute Gasteiger partial charge is 0.378 e. The molecule has 0 aromatic rings. The highest BCUT2D eigenvalue weighted by atomic mass is 31.1. The van der Waals surface area contributed by atoms with Crippen molar-refractivity contribution >= 4 is 7.68 Å². The molecule has 0 aliphatic heterocycles. The topological polar surface area (TPSA) is 34.1 Å². The van der Waals surface area contributed by atoms with Gasteiger partial charge in [-0.1, -0.05) is 116 Å². The van der Waals surface area contributed by atoms with Gasteiger partial charge in [0.25, 0.3) is 0 Å². The summed E-state index contributed by atoms with van der Waals surface area (Å²) in [6, 6.07) is 0. The van der Waals surface area contributed by atoms with E-state index in [1.807, 2.05) is 28.1 Å². The first-order chi connectivity index (χ1) is 15.8. The molecule has 1 atom stereocenters. The molecule has 3 nitrogen and oxygen atoms in total. The predicted molar refractivity (Wildman–Crippen MR) is 147 cm³/mol. The van der Waals surface area contributed by atoms with Gasteiger partial charge < -0.3 is 4.48 Å². The lowest BCUT2D eigenvalue weighted by Gasteiger charge is -2.40. The van der Waals surface area contributed by atoms with E-state index in [-0.39, 0.29) is 0 Å². The highest BCUT2D eigenvalue weighted by molar-refractivity contribution is 7.32. The van der Waals surface area contributed by atoms with E-state index in [4.69, 9.17) is 0 Å². The van der Waals surface area contributed by atoms with Crippen molar-refractivity contribution in [1.29, 1.82) is 0 Å². The molecule has 0 aliphatic rings. The summed E-state index contributed by atoms with van der Waals surface area (Å²) in [6.45, 7) is 4.30. The van der Waals surface area contributed by atoms with E-state index >= 15 is 0 Å². The van der Waals surface area contributed by atoms with E-state index in [1.165, 1.54) is 109 Å². The van der Waals surface area contributed by atoms with Crippen LogP contribution >= 0.6 is 7.68 Å². The summed E-state index contributed by atoms with van der Waals surface area (Å²) in [7, 11) is 3.63. The molecule has 0 fully saturated rings. The Labute approximate surface area is 208 Å². The molecular weight excluding hydrogens is 425 g/mol. The summed E-state index contributed by atoms with van der Waals surface area (Å²) in [5.74, 6) is 0. The highest BCUT2D eigenvalue weighted by Gasteiger charge is 2.46. The maximum Gasteiger partial charge on any atom is 0.378 e. The molecule has 0 saturated heterocycles. The minimum absolute atomic E-state index is 0.510. The second-order valence-electron chi connectivity index (χ2n) is 11.1. The van der Waals surface area contributed by atoms with E-state index in [2.05, 4.69) is 19.1 Å². The monoisotopic (exact) mass is 484 g/mol. The van der Waals surface area contributed by atoms with Gasteiger partial charge in [0.05, 0.1) is 21.1 Å². The van der Waals surface area contributed by atoms with E-state index in [0.717, 1.165) is 19.3 Å². The van der Waals surface area contributed by atoms with E-state index in [0.29, 0.717) is 10.9 Å². The lowest BCUT2D eigenvalue weighted by molar-refractivity contribution is -0.908. The Balaban J connectivity index is 3.51. The van der Waals surface area contributed by atoms with Crippen molar-refractivity contribution in [1.82, 2.24) is 0 Å². The molecule has 0 aromatic heterocycles. The summed E-state index contributed by atoms with van der Waals surface area (Å²) in [4.78, 5) is 0. The molecule has 0 saturated carbocycles. The van der Waals surface area contributed by atoms with Crippen LogP contribution < -0.4 is 0 Å². The molecule has 0 heterocycles. The minimum atomic E-state index is -2.42. The van der Waals surface area contributed by atoms with Crippen molar-refractivity contribution in [2.75, 3.05) is 21.1 Å². The lowest BCUT2D eigenvalue weighted by Crippen LogP contribution is -2.53. The quantitative estimate of drug-likeness (QED) is 0.0591. The standard InChI is InChI=1S/C29H59NO2P/c1-6-8-9-10-11-12-13-14-15-16-17-18-19-20-21-22-23-24-25-26-27-28-29(7-2,33(31)32)30(3,4)5/h17-18H,6-16,19-28H2,1-5H3/q+1. The maximum absolute atomic E-state index is 12.0. The summed E-state index contributed by atoms with van der Waals surface area (Å²) in [6.07, 6.45) is 31.6. The smallest absolute Gasteiger partial charge is 0.314 e. The molecule has 4 heteroatoms. The number of unbranched alkanes of at least 4 members (excludes halogenated alkanes) is 17. The average Bonchev–Trinajstić information content (AvgIpc) is 2.76. The molecule has 196 valence electrons. The van der Waals surface area contributed by atoms with Crippen LogP contribution in [0.2, 0.25) is 0 Å². The van der Waals surface area contributed by atoms with Crippen molar-refractivity contribution in [3.05, 3.63) is 12.2 Å². The number of hydrogen-bond donors (Lipinski definition) is 0. The zero-order chi connectivity index (χ0) is 24.8. The van der Waals surface area contributed by atoms with Gasteiger partial charge in [0, 0.05) is 12.8 Å². The van der Waals surface area contributed by atoms with Gasteiger partial charge in [0.1, 0.15) is 0 Å². The molecule has 0 aliphatic carbocycles. The molecule has 0 spiro atoms. The maximum atomic E-state index is 12.0. The zero-order valence-corrected chi connectivity index (χ0v) is 24.1. The van der Waals surface area contributed by atoms with Crippen molar-refractivity contribution < 1.29 is 13.6 Å². The second-order valence-corrected chi connectivity index (χ2v) is 12.4. The molecule has 0 radical (unpaired) electrons. The third-order valence-electron chi connectivity index (χ3n) is 7.49. The van der Waals surface area contributed by atoms with Crippen molar-refractivity contribution in [2.45, 2.75) is 154 Å². The molecule has 33 heavy (non-hydrogen) atoms. The van der Waals surface area contributed by atoms with Crippen LogP contribution in [0.3, 0.4) is 0 Å². The fourth-order valence-corrected chi connectivity index (χ4v) is 6.08. The summed E-state index contributed by atoms with van der Waals surface area (Å²) >= 11 is 0. The van der Waals surface area contributed by atoms with Crippen LogP contribution in [0.4, 0.5) is 0 Å². The van der Waals surface area contributed by atoms with Crippen molar-refractivity contribution in [2.24, 2.45) is 0 Å². The van der Waals surface area contributed by atoms with E-state index < -0.39 is 13.0 Å². The third-order valence-corrected chi connectivity index (χ3v) is 9.31. The number of allylic oxidation sites excluding steroid dienone is 2. The summed E-state index contributed by atoms with van der Waals surface area (Å²) in [5, 5.41) is -0.600. The first kappa shape index (κ1) is 32.6. The Morgan fingerprint density at radius 3 is 1.27 bits per heavy atom. The second kappa shape index (κ2) is 20.9. The van der Waals surface area contributed by atoms with Crippen LogP contribution in [0.5, 0.6) is 0 Å². The molecular formula is C29H59NO2P+. The van der Waals surface area contributed by atoms with Gasteiger partial charge in [0.2, 0.25) is 5.28 Å². The third kappa shape index (κ3) is 16.0. The lowest BCUT2D eigenvalue weighted by atomic mass is 10.0. The minimum Gasteiger partial charge on any atom is -0.314 e. The van der Waals surface area contributed by atoms with Gasteiger partial charge in [-0.05, 0) is 32.1 Å². The first-order valence-electron chi connectivity index (χ1n) is 14.4. The number of nitrogens with zero attached hydrogens (tertiary/aromatic N) is 1. The number of quaternary nitrogens is 1.